The van der Waals surface area contributed by atoms with Gasteiger partial charge in [-0.05, 0) is 80.4 Å². The van der Waals surface area contributed by atoms with Crippen LogP contribution >= 0.6 is 0 Å². The maximum Gasteiger partial charge on any atom is 0.237 e. The molecule has 0 saturated carbocycles. The Morgan fingerprint density at radius 1 is 1.27 bits per heavy atom. The summed E-state index contributed by atoms with van der Waals surface area (Å²) in [6.45, 7) is 8.88. The number of piperidine rings is 1. The van der Waals surface area contributed by atoms with E-state index in [-0.39, 0.29) is 11.9 Å². The molecule has 1 aliphatic heterocycles. The van der Waals surface area contributed by atoms with Gasteiger partial charge in [0, 0.05) is 44.5 Å². The summed E-state index contributed by atoms with van der Waals surface area (Å²) in [6, 6.07) is 11.2. The lowest BCUT2D eigenvalue weighted by atomic mass is 9.93. The van der Waals surface area contributed by atoms with Crippen molar-refractivity contribution in [2.24, 2.45) is 0 Å². The Morgan fingerprint density at radius 2 is 2.08 bits per heavy atom. The summed E-state index contributed by atoms with van der Waals surface area (Å²) in [4.78, 5) is 32.6. The van der Waals surface area contributed by atoms with Crippen molar-refractivity contribution >= 4 is 18.3 Å². The predicted molar refractivity (Wildman–Crippen MR) is 151 cm³/mol. The van der Waals surface area contributed by atoms with Crippen LogP contribution in [0, 0.1) is 0 Å². The average Bonchev–Trinajstić information content (AvgIpc) is 2.93. The summed E-state index contributed by atoms with van der Waals surface area (Å²) in [6.07, 6.45) is 12.6. The van der Waals surface area contributed by atoms with Crippen LogP contribution in [0.4, 0.5) is 0 Å². The molecule has 1 aromatic heterocycles. The van der Waals surface area contributed by atoms with Gasteiger partial charge in [-0.15, -0.1) is 0 Å². The van der Waals surface area contributed by atoms with Crippen LogP contribution < -0.4 is 5.32 Å². The van der Waals surface area contributed by atoms with Crippen molar-refractivity contribution in [1.82, 2.24) is 20.1 Å². The summed E-state index contributed by atoms with van der Waals surface area (Å²) >= 11 is 0. The summed E-state index contributed by atoms with van der Waals surface area (Å²) in [5, 5.41) is 2.74. The van der Waals surface area contributed by atoms with Crippen LogP contribution in [0.15, 0.2) is 43.1 Å². The Labute approximate surface area is 223 Å². The van der Waals surface area contributed by atoms with Crippen LogP contribution in [-0.4, -0.2) is 59.7 Å². The fourth-order valence-corrected chi connectivity index (χ4v) is 5.39. The van der Waals surface area contributed by atoms with Gasteiger partial charge in [-0.1, -0.05) is 50.3 Å². The molecule has 1 amide bonds. The molecule has 1 saturated heterocycles. The number of nitrogens with zero attached hydrogens (tertiary/aromatic N) is 3. The summed E-state index contributed by atoms with van der Waals surface area (Å²) < 4.78 is 0. The molecule has 2 aromatic rings. The number of pyridine rings is 1. The van der Waals surface area contributed by atoms with Gasteiger partial charge >= 0.3 is 0 Å². The van der Waals surface area contributed by atoms with Gasteiger partial charge in [0.25, 0.3) is 0 Å². The van der Waals surface area contributed by atoms with Crippen LogP contribution in [0.3, 0.4) is 0 Å². The molecule has 1 aliphatic rings. The molecule has 3 rings (SSSR count). The average molecular weight is 505 g/mol. The highest BCUT2D eigenvalue weighted by Gasteiger charge is 2.24. The Bertz CT molecular complexity index is 1020. The zero-order valence-electron chi connectivity index (χ0n) is 22.9. The second kappa shape index (κ2) is 14.8. The maximum absolute atomic E-state index is 12.4. The number of aryl methyl sites for hydroxylation is 2. The fraction of sp³-hybridized carbons (Fsp3) is 0.516. The molecule has 0 bridgehead atoms. The van der Waals surface area contributed by atoms with Crippen molar-refractivity contribution in [3.8, 4) is 0 Å². The molecule has 0 spiro atoms. The van der Waals surface area contributed by atoms with Gasteiger partial charge in [-0.3, -0.25) is 19.6 Å². The molecule has 6 nitrogen and oxygen atoms in total. The van der Waals surface area contributed by atoms with Gasteiger partial charge in [-0.25, -0.2) is 0 Å². The van der Waals surface area contributed by atoms with Gasteiger partial charge in [0.2, 0.25) is 5.91 Å². The Morgan fingerprint density at radius 3 is 2.76 bits per heavy atom. The van der Waals surface area contributed by atoms with Crippen molar-refractivity contribution in [2.45, 2.75) is 83.5 Å². The topological polar surface area (TPSA) is 65.5 Å². The lowest BCUT2D eigenvalue weighted by Crippen LogP contribution is -2.43. The van der Waals surface area contributed by atoms with E-state index in [1.165, 1.54) is 30.4 Å². The van der Waals surface area contributed by atoms with Crippen molar-refractivity contribution in [3.05, 3.63) is 71.1 Å². The number of nitrogens with one attached hydrogen (secondary N) is 1. The van der Waals surface area contributed by atoms with Gasteiger partial charge in [0.15, 0.2) is 0 Å². The number of likely N-dealkylation sites (N-methyl/N-ethyl adjacent to an activating group) is 2. The lowest BCUT2D eigenvalue weighted by molar-refractivity contribution is -0.126. The molecule has 0 radical (unpaired) electrons. The quantitative estimate of drug-likeness (QED) is 0.375. The van der Waals surface area contributed by atoms with Gasteiger partial charge in [0.1, 0.15) is 6.29 Å². The number of likely N-dealkylation sites (tertiary alicyclic amines) is 1. The van der Waals surface area contributed by atoms with Gasteiger partial charge in [0.05, 0.1) is 6.04 Å². The summed E-state index contributed by atoms with van der Waals surface area (Å²) in [5.41, 5.74) is 6.01. The van der Waals surface area contributed by atoms with Crippen LogP contribution in [0.1, 0.15) is 73.4 Å². The molecule has 0 aliphatic carbocycles. The minimum Gasteiger partial charge on any atom is -0.358 e. The zero-order chi connectivity index (χ0) is 26.6. The van der Waals surface area contributed by atoms with Crippen molar-refractivity contribution < 1.29 is 9.59 Å². The largest absolute Gasteiger partial charge is 0.358 e. The molecular weight excluding hydrogens is 460 g/mol. The van der Waals surface area contributed by atoms with Crippen LogP contribution in [0.25, 0.3) is 6.08 Å². The van der Waals surface area contributed by atoms with E-state index in [4.69, 9.17) is 0 Å². The number of aldehydes is 1. The number of benzene rings is 1. The van der Waals surface area contributed by atoms with Crippen molar-refractivity contribution in [2.75, 3.05) is 20.6 Å². The molecule has 37 heavy (non-hydrogen) atoms. The third kappa shape index (κ3) is 8.34. The smallest absolute Gasteiger partial charge is 0.237 e. The van der Waals surface area contributed by atoms with Crippen molar-refractivity contribution in [1.29, 1.82) is 0 Å². The van der Waals surface area contributed by atoms with E-state index >= 15 is 0 Å². The van der Waals surface area contributed by atoms with E-state index in [9.17, 15) is 9.59 Å². The predicted octanol–water partition coefficient (Wildman–Crippen LogP) is 4.80. The highest BCUT2D eigenvalue weighted by atomic mass is 16.2. The number of hydrogen-bond acceptors (Lipinski definition) is 5. The third-order valence-electron chi connectivity index (χ3n) is 7.64. The highest BCUT2D eigenvalue weighted by molar-refractivity contribution is 5.81. The Hall–Kier alpha value is -2.83. The first-order chi connectivity index (χ1) is 18.0. The number of amides is 1. The highest BCUT2D eigenvalue weighted by Crippen LogP contribution is 2.25. The molecule has 2 heterocycles. The maximum atomic E-state index is 12.4. The molecule has 2 atom stereocenters. The molecule has 1 N–H and O–H groups in total. The second-order valence-corrected chi connectivity index (χ2v) is 10.2. The van der Waals surface area contributed by atoms with E-state index in [0.29, 0.717) is 25.4 Å². The molecule has 6 heteroatoms. The first kappa shape index (κ1) is 28.7. The van der Waals surface area contributed by atoms with Crippen LogP contribution in [0.2, 0.25) is 0 Å². The van der Waals surface area contributed by atoms with Crippen LogP contribution in [-0.2, 0) is 35.5 Å². The Balaban J connectivity index is 1.67. The third-order valence-corrected chi connectivity index (χ3v) is 7.64. The van der Waals surface area contributed by atoms with Crippen molar-refractivity contribution in [3.63, 3.8) is 0 Å². The number of carbonyl (C=O) groups is 2. The van der Waals surface area contributed by atoms with Crippen LogP contribution in [0.5, 0.6) is 0 Å². The van der Waals surface area contributed by atoms with E-state index in [1.807, 2.05) is 24.2 Å². The monoisotopic (exact) mass is 504 g/mol. The number of hydrogen-bond donors (Lipinski definition) is 1. The van der Waals surface area contributed by atoms with E-state index < -0.39 is 0 Å². The molecule has 1 aromatic carbocycles. The summed E-state index contributed by atoms with van der Waals surface area (Å²) in [7, 11) is 3.59. The standard InChI is InChI=1S/C31H44N4O2/c1-5-26-15-12-24(20-27(26)23-34(4)30(11-9-19-36)31(37)32-3)14-17-29-10-7-8-18-35(29)22-25-13-16-28(6-2)33-21-25/h5,12-13,15-16,19-21,29-30H,1,6-11,14,17-18,22-23H2,2-4H3,(H,32,37). The summed E-state index contributed by atoms with van der Waals surface area (Å²) in [5.74, 6) is -0.0578. The minimum absolute atomic E-state index is 0.0578. The zero-order valence-corrected chi connectivity index (χ0v) is 22.9. The molecular formula is C31H44N4O2. The number of carbonyl (C=O) groups excluding carboxylic acids is 2. The molecule has 1 fully saturated rings. The minimum atomic E-state index is -0.340. The van der Waals surface area contributed by atoms with E-state index in [0.717, 1.165) is 55.5 Å². The number of rotatable bonds is 14. The Kier molecular flexibility index (Phi) is 11.5. The lowest BCUT2D eigenvalue weighted by Gasteiger charge is -2.36. The number of aromatic nitrogens is 1. The van der Waals surface area contributed by atoms with Gasteiger partial charge in [-0.2, -0.15) is 0 Å². The fourth-order valence-electron chi connectivity index (χ4n) is 5.39. The van der Waals surface area contributed by atoms with E-state index in [1.54, 1.807) is 7.05 Å². The second-order valence-electron chi connectivity index (χ2n) is 10.2. The van der Waals surface area contributed by atoms with Gasteiger partial charge < -0.3 is 10.1 Å². The first-order valence-electron chi connectivity index (χ1n) is 13.8. The van der Waals surface area contributed by atoms with E-state index in [2.05, 4.69) is 59.0 Å². The molecule has 200 valence electrons. The normalized spacial score (nSPS) is 16.9. The molecule has 2 unspecified atom stereocenters. The SMILES string of the molecule is C=Cc1ccc(CCC2CCCCN2Cc2ccc(CC)nc2)cc1CN(C)C(CCC=O)C(=O)NC. The first-order valence-corrected chi connectivity index (χ1v) is 13.8.